The molecular weight excluding hydrogens is 190 g/mol. The third kappa shape index (κ3) is 1.80. The molecule has 0 aliphatic carbocycles. The van der Waals surface area contributed by atoms with Crippen LogP contribution < -0.4 is 0 Å². The molecule has 1 aliphatic rings. The molecule has 15 heavy (non-hydrogen) atoms. The topological polar surface area (TPSA) is 40.5 Å². The van der Waals surface area contributed by atoms with Crippen LogP contribution >= 0.6 is 0 Å². The molecule has 1 heterocycles. The zero-order valence-corrected chi connectivity index (χ0v) is 9.03. The van der Waals surface area contributed by atoms with Crippen LogP contribution in [-0.2, 0) is 5.60 Å². The second-order valence-electron chi connectivity index (χ2n) is 4.34. The minimum Gasteiger partial charge on any atom is -0.382 e. The Morgan fingerprint density at radius 2 is 1.87 bits per heavy atom. The molecule has 1 aliphatic heterocycles. The van der Waals surface area contributed by atoms with Crippen molar-refractivity contribution < 1.29 is 9.90 Å². The van der Waals surface area contributed by atoms with Crippen molar-refractivity contribution in [2.24, 2.45) is 0 Å². The van der Waals surface area contributed by atoms with Gasteiger partial charge in [-0.1, -0.05) is 24.3 Å². The molecule has 1 N–H and O–H groups in total. The number of nitrogens with zero attached hydrogens (tertiary/aromatic N) is 1. The first-order valence-electron chi connectivity index (χ1n) is 5.04. The summed E-state index contributed by atoms with van der Waals surface area (Å²) in [7, 11) is 1.97. The van der Waals surface area contributed by atoms with Crippen molar-refractivity contribution in [3.63, 3.8) is 0 Å². The third-order valence-corrected chi connectivity index (χ3v) is 2.89. The van der Waals surface area contributed by atoms with Gasteiger partial charge in [0.1, 0.15) is 5.60 Å². The number of hydrogen-bond acceptors (Lipinski definition) is 3. The van der Waals surface area contributed by atoms with Crippen molar-refractivity contribution in [1.29, 1.82) is 0 Å². The van der Waals surface area contributed by atoms with E-state index in [2.05, 4.69) is 4.90 Å². The Bertz CT molecular complexity index is 377. The van der Waals surface area contributed by atoms with Gasteiger partial charge in [0.25, 0.3) is 0 Å². The Morgan fingerprint density at radius 1 is 1.33 bits per heavy atom. The van der Waals surface area contributed by atoms with Crippen LogP contribution in [0.4, 0.5) is 0 Å². The summed E-state index contributed by atoms with van der Waals surface area (Å²) in [6.45, 7) is 2.86. The summed E-state index contributed by atoms with van der Waals surface area (Å²) in [6.07, 6.45) is 0. The van der Waals surface area contributed by atoms with E-state index in [0.29, 0.717) is 18.7 Å². The molecule has 1 aromatic carbocycles. The molecule has 0 spiro atoms. The van der Waals surface area contributed by atoms with Gasteiger partial charge in [-0.3, -0.25) is 9.69 Å². The Kier molecular flexibility index (Phi) is 2.37. The molecule has 0 amide bonds. The van der Waals surface area contributed by atoms with Gasteiger partial charge in [0.15, 0.2) is 5.78 Å². The lowest BCUT2D eigenvalue weighted by molar-refractivity contribution is -0.0918. The summed E-state index contributed by atoms with van der Waals surface area (Å²) in [6, 6.07) is 7.22. The van der Waals surface area contributed by atoms with Crippen LogP contribution in [0.1, 0.15) is 22.8 Å². The first-order chi connectivity index (χ1) is 7.01. The van der Waals surface area contributed by atoms with Crippen LogP contribution in [0, 0.1) is 0 Å². The summed E-state index contributed by atoms with van der Waals surface area (Å²) in [5, 5.41) is 10.2. The number of likely N-dealkylation sites (N-methyl/N-ethyl adjacent to an activating group) is 1. The fourth-order valence-corrected chi connectivity index (χ4v) is 2.04. The van der Waals surface area contributed by atoms with Gasteiger partial charge in [0.05, 0.1) is 0 Å². The molecule has 1 saturated heterocycles. The van der Waals surface area contributed by atoms with Crippen molar-refractivity contribution >= 4 is 5.78 Å². The Balaban J connectivity index is 2.21. The maximum atomic E-state index is 11.1. The zero-order chi connectivity index (χ0) is 11.1. The van der Waals surface area contributed by atoms with Gasteiger partial charge in [0, 0.05) is 18.7 Å². The van der Waals surface area contributed by atoms with E-state index in [1.54, 1.807) is 19.1 Å². The van der Waals surface area contributed by atoms with Gasteiger partial charge in [-0.15, -0.1) is 0 Å². The predicted molar refractivity (Wildman–Crippen MR) is 57.8 cm³/mol. The lowest BCUT2D eigenvalue weighted by atomic mass is 9.86. The number of carbonyl (C=O) groups excluding carboxylic acids is 1. The van der Waals surface area contributed by atoms with E-state index < -0.39 is 5.60 Å². The summed E-state index contributed by atoms with van der Waals surface area (Å²) in [5.74, 6) is 0.0549. The fraction of sp³-hybridized carbons (Fsp3) is 0.417. The molecule has 0 radical (unpaired) electrons. The van der Waals surface area contributed by atoms with Crippen LogP contribution in [0.5, 0.6) is 0 Å². The molecule has 2 rings (SSSR count). The Morgan fingerprint density at radius 3 is 2.27 bits per heavy atom. The molecule has 3 nitrogen and oxygen atoms in total. The lowest BCUT2D eigenvalue weighted by Gasteiger charge is -2.44. The lowest BCUT2D eigenvalue weighted by Crippen LogP contribution is -2.57. The minimum absolute atomic E-state index is 0.0549. The van der Waals surface area contributed by atoms with Crippen LogP contribution in [0.3, 0.4) is 0 Å². The number of benzene rings is 1. The largest absolute Gasteiger partial charge is 0.382 e. The fourth-order valence-electron chi connectivity index (χ4n) is 2.04. The van der Waals surface area contributed by atoms with E-state index in [0.717, 1.165) is 5.56 Å². The minimum atomic E-state index is -0.718. The zero-order valence-electron chi connectivity index (χ0n) is 9.03. The molecule has 80 valence electrons. The summed E-state index contributed by atoms with van der Waals surface area (Å²) in [5.41, 5.74) is 0.866. The molecule has 3 heteroatoms. The number of aliphatic hydroxyl groups is 1. The highest BCUT2D eigenvalue weighted by Crippen LogP contribution is 2.30. The molecule has 0 bridgehead atoms. The van der Waals surface area contributed by atoms with E-state index in [9.17, 15) is 9.90 Å². The predicted octanol–water partition coefficient (Wildman–Crippen LogP) is 1.02. The van der Waals surface area contributed by atoms with Crippen LogP contribution in [0.2, 0.25) is 0 Å². The second kappa shape index (κ2) is 3.43. The molecular formula is C12H15NO2. The van der Waals surface area contributed by atoms with Crippen LogP contribution in [0.15, 0.2) is 24.3 Å². The van der Waals surface area contributed by atoms with E-state index in [-0.39, 0.29) is 5.78 Å². The standard InChI is InChI=1S/C12H15NO2/c1-9(14)10-3-5-11(6-4-10)12(15)7-13(2)8-12/h3-6,15H,7-8H2,1-2H3. The summed E-state index contributed by atoms with van der Waals surface area (Å²) < 4.78 is 0. The van der Waals surface area contributed by atoms with Gasteiger partial charge in [0.2, 0.25) is 0 Å². The van der Waals surface area contributed by atoms with Gasteiger partial charge < -0.3 is 5.11 Å². The summed E-state index contributed by atoms with van der Waals surface area (Å²) >= 11 is 0. The second-order valence-corrected chi connectivity index (χ2v) is 4.34. The van der Waals surface area contributed by atoms with E-state index in [1.165, 1.54) is 0 Å². The monoisotopic (exact) mass is 205 g/mol. The quantitative estimate of drug-likeness (QED) is 0.733. The van der Waals surface area contributed by atoms with E-state index >= 15 is 0 Å². The number of likely N-dealkylation sites (tertiary alicyclic amines) is 1. The van der Waals surface area contributed by atoms with Gasteiger partial charge in [-0.2, -0.15) is 0 Å². The van der Waals surface area contributed by atoms with Crippen LogP contribution in [0.25, 0.3) is 0 Å². The van der Waals surface area contributed by atoms with Gasteiger partial charge in [-0.25, -0.2) is 0 Å². The van der Waals surface area contributed by atoms with Crippen molar-refractivity contribution in [2.75, 3.05) is 20.1 Å². The van der Waals surface area contributed by atoms with Gasteiger partial charge in [-0.05, 0) is 19.5 Å². The summed E-state index contributed by atoms with van der Waals surface area (Å²) in [4.78, 5) is 13.1. The first kappa shape index (κ1) is 10.3. The number of carbonyl (C=O) groups is 1. The van der Waals surface area contributed by atoms with E-state index in [1.807, 2.05) is 19.2 Å². The number of hydrogen-bond donors (Lipinski definition) is 1. The first-order valence-corrected chi connectivity index (χ1v) is 5.04. The number of rotatable bonds is 2. The Hall–Kier alpha value is -1.19. The van der Waals surface area contributed by atoms with Crippen molar-refractivity contribution in [3.05, 3.63) is 35.4 Å². The highest BCUT2D eigenvalue weighted by Gasteiger charge is 2.40. The highest BCUT2D eigenvalue weighted by molar-refractivity contribution is 5.94. The van der Waals surface area contributed by atoms with Crippen LogP contribution in [-0.4, -0.2) is 35.9 Å². The average Bonchev–Trinajstić information content (AvgIpc) is 2.16. The molecule has 1 aromatic rings. The van der Waals surface area contributed by atoms with Crippen molar-refractivity contribution in [1.82, 2.24) is 4.90 Å². The number of Topliss-reactive ketones (excluding diaryl/α,β-unsaturated/α-hetero) is 1. The van der Waals surface area contributed by atoms with Crippen molar-refractivity contribution in [2.45, 2.75) is 12.5 Å². The smallest absolute Gasteiger partial charge is 0.159 e. The van der Waals surface area contributed by atoms with Crippen molar-refractivity contribution in [3.8, 4) is 0 Å². The molecule has 0 saturated carbocycles. The number of ketones is 1. The van der Waals surface area contributed by atoms with Gasteiger partial charge >= 0.3 is 0 Å². The highest BCUT2D eigenvalue weighted by atomic mass is 16.3. The molecule has 0 unspecified atom stereocenters. The molecule has 0 atom stereocenters. The third-order valence-electron chi connectivity index (χ3n) is 2.89. The van der Waals surface area contributed by atoms with E-state index in [4.69, 9.17) is 0 Å². The maximum Gasteiger partial charge on any atom is 0.159 e. The number of β-amino-alcohol motifs (C(OH)–C–C–N with tert-alkyl or cyclic N) is 1. The maximum absolute atomic E-state index is 11.1. The normalized spacial score (nSPS) is 19.7. The SMILES string of the molecule is CC(=O)c1ccc(C2(O)CN(C)C2)cc1. The Labute approximate surface area is 89.3 Å². The molecule has 1 fully saturated rings. The average molecular weight is 205 g/mol. The molecule has 0 aromatic heterocycles.